The van der Waals surface area contributed by atoms with Gasteiger partial charge in [-0.2, -0.15) is 0 Å². The van der Waals surface area contributed by atoms with Gasteiger partial charge in [0.15, 0.2) is 11.5 Å². The van der Waals surface area contributed by atoms with Gasteiger partial charge in [0, 0.05) is 18.4 Å². The van der Waals surface area contributed by atoms with E-state index < -0.39 is 11.0 Å². The average molecular weight is 440 g/mol. The second kappa shape index (κ2) is 8.60. The molecule has 0 aliphatic carbocycles. The Kier molecular flexibility index (Phi) is 6.54. The Morgan fingerprint density at radius 1 is 1.03 bits per heavy atom. The van der Waals surface area contributed by atoms with E-state index in [0.29, 0.717) is 40.3 Å². The van der Waals surface area contributed by atoms with E-state index >= 15 is 0 Å². The fraction of sp³-hybridized carbons (Fsp3) is 0.455. The molecule has 2 N–H and O–H groups in total. The van der Waals surface area contributed by atoms with Gasteiger partial charge in [0.1, 0.15) is 0 Å². The van der Waals surface area contributed by atoms with Gasteiger partial charge in [-0.05, 0) is 55.3 Å². The van der Waals surface area contributed by atoms with Crippen LogP contribution in [0.15, 0.2) is 30.3 Å². The van der Waals surface area contributed by atoms with E-state index in [4.69, 9.17) is 37.4 Å². The molecule has 1 aliphatic rings. The molecule has 2 aromatic rings. The van der Waals surface area contributed by atoms with Crippen LogP contribution < -0.4 is 19.5 Å². The molecule has 0 amide bonds. The third kappa shape index (κ3) is 4.02. The van der Waals surface area contributed by atoms with Crippen LogP contribution in [0.1, 0.15) is 24.5 Å². The number of aliphatic hydroxyl groups is 1. The highest BCUT2D eigenvalue weighted by molar-refractivity contribution is 6.42. The van der Waals surface area contributed by atoms with Crippen molar-refractivity contribution in [1.82, 2.24) is 5.32 Å². The first-order chi connectivity index (χ1) is 13.8. The highest BCUT2D eigenvalue weighted by Crippen LogP contribution is 2.45. The molecular weight excluding hydrogens is 413 g/mol. The molecule has 2 atom stereocenters. The lowest BCUT2D eigenvalue weighted by Gasteiger charge is -2.43. The van der Waals surface area contributed by atoms with Crippen molar-refractivity contribution in [3.63, 3.8) is 0 Å². The van der Waals surface area contributed by atoms with Gasteiger partial charge >= 0.3 is 0 Å². The molecule has 1 heterocycles. The summed E-state index contributed by atoms with van der Waals surface area (Å²) in [5.74, 6) is 1.65. The zero-order chi connectivity index (χ0) is 21.2. The van der Waals surface area contributed by atoms with Crippen molar-refractivity contribution in [3.05, 3.63) is 51.5 Å². The largest absolute Gasteiger partial charge is 0.493 e. The highest BCUT2D eigenvalue weighted by atomic mass is 35.5. The fourth-order valence-corrected chi connectivity index (χ4v) is 4.61. The van der Waals surface area contributed by atoms with Gasteiger partial charge in [-0.25, -0.2) is 0 Å². The SMILES string of the molecule is COc1cc(CC(C)(O)C2(c3ccc(Cl)c(Cl)c3)CCNC2)cc(OC)c1OC. The molecule has 1 aliphatic heterocycles. The Bertz CT molecular complexity index is 854. The van der Waals surface area contributed by atoms with Crippen molar-refractivity contribution in [1.29, 1.82) is 0 Å². The summed E-state index contributed by atoms with van der Waals surface area (Å²) >= 11 is 12.4. The van der Waals surface area contributed by atoms with Crippen LogP contribution in [0.4, 0.5) is 0 Å². The number of benzene rings is 2. The second-order valence-corrected chi connectivity index (χ2v) is 8.44. The quantitative estimate of drug-likeness (QED) is 0.675. The van der Waals surface area contributed by atoms with E-state index in [-0.39, 0.29) is 0 Å². The predicted molar refractivity (Wildman–Crippen MR) is 116 cm³/mol. The molecule has 0 aromatic heterocycles. The van der Waals surface area contributed by atoms with Gasteiger partial charge in [-0.1, -0.05) is 29.3 Å². The van der Waals surface area contributed by atoms with E-state index in [9.17, 15) is 5.11 Å². The maximum absolute atomic E-state index is 11.8. The second-order valence-electron chi connectivity index (χ2n) is 7.62. The van der Waals surface area contributed by atoms with Crippen LogP contribution in [-0.4, -0.2) is 45.1 Å². The first kappa shape index (κ1) is 22.0. The molecule has 1 saturated heterocycles. The molecule has 0 saturated carbocycles. The minimum Gasteiger partial charge on any atom is -0.493 e. The van der Waals surface area contributed by atoms with E-state index in [1.54, 1.807) is 27.4 Å². The number of hydrogen-bond acceptors (Lipinski definition) is 5. The van der Waals surface area contributed by atoms with Gasteiger partial charge in [0.2, 0.25) is 5.75 Å². The Hall–Kier alpha value is -1.66. The number of hydrogen-bond donors (Lipinski definition) is 2. The molecule has 0 bridgehead atoms. The topological polar surface area (TPSA) is 60.0 Å². The van der Waals surface area contributed by atoms with Gasteiger partial charge in [-0.15, -0.1) is 0 Å². The lowest BCUT2D eigenvalue weighted by molar-refractivity contribution is -0.0160. The minimum absolute atomic E-state index is 0.394. The summed E-state index contributed by atoms with van der Waals surface area (Å²) in [6.45, 7) is 3.32. The minimum atomic E-state index is -1.07. The van der Waals surface area contributed by atoms with Crippen LogP contribution >= 0.6 is 23.2 Å². The fourth-order valence-electron chi connectivity index (χ4n) is 4.31. The maximum Gasteiger partial charge on any atom is 0.203 e. The van der Waals surface area contributed by atoms with Crippen molar-refractivity contribution >= 4 is 23.2 Å². The summed E-state index contributed by atoms with van der Waals surface area (Å²) in [6.07, 6.45) is 1.17. The van der Waals surface area contributed by atoms with Crippen LogP contribution in [0.2, 0.25) is 10.0 Å². The average Bonchev–Trinajstić information content (AvgIpc) is 3.20. The van der Waals surface area contributed by atoms with Gasteiger partial charge < -0.3 is 24.6 Å². The van der Waals surface area contributed by atoms with Crippen LogP contribution in [0.3, 0.4) is 0 Å². The molecular formula is C22H27Cl2NO4. The van der Waals surface area contributed by atoms with E-state index in [0.717, 1.165) is 24.1 Å². The molecule has 2 aromatic carbocycles. The molecule has 7 heteroatoms. The Morgan fingerprint density at radius 3 is 2.17 bits per heavy atom. The van der Waals surface area contributed by atoms with E-state index in [2.05, 4.69) is 5.32 Å². The van der Waals surface area contributed by atoms with Crippen LogP contribution in [0, 0.1) is 0 Å². The predicted octanol–water partition coefficient (Wildman–Crippen LogP) is 4.24. The third-order valence-electron chi connectivity index (χ3n) is 5.93. The monoisotopic (exact) mass is 439 g/mol. The first-order valence-electron chi connectivity index (χ1n) is 9.45. The summed E-state index contributed by atoms with van der Waals surface area (Å²) in [5.41, 5.74) is 0.269. The van der Waals surface area contributed by atoms with Gasteiger partial charge in [-0.3, -0.25) is 0 Å². The first-order valence-corrected chi connectivity index (χ1v) is 10.2. The summed E-state index contributed by atoms with van der Waals surface area (Å²) in [4.78, 5) is 0. The Morgan fingerprint density at radius 2 is 1.69 bits per heavy atom. The molecule has 0 spiro atoms. The number of rotatable bonds is 7. The van der Waals surface area contributed by atoms with Crippen molar-refractivity contribution in [3.8, 4) is 17.2 Å². The molecule has 1 fully saturated rings. The van der Waals surface area contributed by atoms with Crippen LogP contribution in [0.5, 0.6) is 17.2 Å². The number of nitrogens with one attached hydrogen (secondary N) is 1. The van der Waals surface area contributed by atoms with Crippen molar-refractivity contribution in [2.75, 3.05) is 34.4 Å². The standard InChI is InChI=1S/C22H27Cl2NO4/c1-21(26,12-14-9-18(27-2)20(29-4)19(10-14)28-3)22(7-8-25-13-22)15-5-6-16(23)17(24)11-15/h5-6,9-11,25-26H,7-8,12-13H2,1-4H3. The maximum atomic E-state index is 11.8. The lowest BCUT2D eigenvalue weighted by Crippen LogP contribution is -2.52. The third-order valence-corrected chi connectivity index (χ3v) is 6.67. The number of ether oxygens (including phenoxy) is 3. The van der Waals surface area contributed by atoms with Gasteiger partial charge in [0.05, 0.1) is 37.0 Å². The summed E-state index contributed by atoms with van der Waals surface area (Å²) in [7, 11) is 4.73. The zero-order valence-electron chi connectivity index (χ0n) is 17.1. The van der Waals surface area contributed by atoms with Gasteiger partial charge in [0.25, 0.3) is 0 Å². The van der Waals surface area contributed by atoms with Crippen molar-refractivity contribution in [2.45, 2.75) is 30.8 Å². The smallest absolute Gasteiger partial charge is 0.203 e. The summed E-state index contributed by atoms with van der Waals surface area (Å²) in [6, 6.07) is 9.35. The van der Waals surface area contributed by atoms with Crippen molar-refractivity contribution < 1.29 is 19.3 Å². The molecule has 29 heavy (non-hydrogen) atoms. The lowest BCUT2D eigenvalue weighted by atomic mass is 9.65. The van der Waals surface area contributed by atoms with Crippen molar-refractivity contribution in [2.24, 2.45) is 0 Å². The number of halogens is 2. The Balaban J connectivity index is 2.03. The molecule has 2 unspecified atom stereocenters. The molecule has 158 valence electrons. The molecule has 3 rings (SSSR count). The zero-order valence-corrected chi connectivity index (χ0v) is 18.7. The van der Waals surface area contributed by atoms with Crippen LogP contribution in [-0.2, 0) is 11.8 Å². The van der Waals surface area contributed by atoms with E-state index in [1.807, 2.05) is 31.2 Å². The highest BCUT2D eigenvalue weighted by Gasteiger charge is 2.50. The van der Waals surface area contributed by atoms with Crippen LogP contribution in [0.25, 0.3) is 0 Å². The Labute approximate surface area is 181 Å². The van der Waals surface area contributed by atoms with E-state index in [1.165, 1.54) is 0 Å². The normalized spacial score (nSPS) is 20.9. The number of methoxy groups -OCH3 is 3. The molecule has 0 radical (unpaired) electrons. The molecule has 5 nitrogen and oxygen atoms in total. The summed E-state index contributed by atoms with van der Waals surface area (Å²) in [5, 5.41) is 16.1. The summed E-state index contributed by atoms with van der Waals surface area (Å²) < 4.78 is 16.3.